The van der Waals surface area contributed by atoms with Gasteiger partial charge in [0.2, 0.25) is 0 Å². The molecule has 0 unspecified atom stereocenters. The van der Waals surface area contributed by atoms with Crippen LogP contribution in [0.5, 0.6) is 11.5 Å². The van der Waals surface area contributed by atoms with Crippen LogP contribution in [0.2, 0.25) is 15.1 Å². The Bertz CT molecular complexity index is 1080. The fraction of sp³-hybridized carbons (Fsp3) is 0.308. The minimum atomic E-state index is 0.258. The van der Waals surface area contributed by atoms with E-state index in [0.717, 1.165) is 40.6 Å². The van der Waals surface area contributed by atoms with E-state index in [0.29, 0.717) is 28.1 Å². The molecule has 33 heavy (non-hydrogen) atoms. The Balaban J connectivity index is 1.39. The van der Waals surface area contributed by atoms with Gasteiger partial charge in [-0.15, -0.1) is 0 Å². The second-order valence-electron chi connectivity index (χ2n) is 8.04. The highest BCUT2D eigenvalue weighted by atomic mass is 35.5. The van der Waals surface area contributed by atoms with Crippen LogP contribution in [0.3, 0.4) is 0 Å². The second-order valence-corrected chi connectivity index (χ2v) is 9.26. The van der Waals surface area contributed by atoms with Gasteiger partial charge in [0.1, 0.15) is 6.61 Å². The molecule has 174 valence electrons. The molecule has 0 atom stereocenters. The number of rotatable bonds is 8. The normalized spacial score (nSPS) is 13.6. The Hall–Kier alpha value is -2.27. The number of anilines is 2. The first-order valence-corrected chi connectivity index (χ1v) is 12.2. The molecule has 3 aromatic carbocycles. The van der Waals surface area contributed by atoms with Crippen molar-refractivity contribution >= 4 is 46.2 Å². The SMILES string of the molecule is COc1cc(CNc2ccc(N3CCCCC3)c(Cl)c2)ccc1OCc1c(Cl)cccc1Cl. The summed E-state index contributed by atoms with van der Waals surface area (Å²) in [4.78, 5) is 2.37. The maximum atomic E-state index is 6.58. The molecule has 0 amide bonds. The third-order valence-electron chi connectivity index (χ3n) is 5.80. The fourth-order valence-corrected chi connectivity index (χ4v) is 4.78. The van der Waals surface area contributed by atoms with Crippen LogP contribution in [-0.2, 0) is 13.2 Å². The molecule has 3 aromatic rings. The Morgan fingerprint density at radius 1 is 0.848 bits per heavy atom. The third kappa shape index (κ3) is 6.00. The lowest BCUT2D eigenvalue weighted by molar-refractivity contribution is 0.284. The summed E-state index contributed by atoms with van der Waals surface area (Å²) in [5, 5.41) is 5.37. The molecular weight excluding hydrogens is 479 g/mol. The van der Waals surface area contributed by atoms with Gasteiger partial charge >= 0.3 is 0 Å². The van der Waals surface area contributed by atoms with Crippen molar-refractivity contribution in [2.24, 2.45) is 0 Å². The van der Waals surface area contributed by atoms with Crippen LogP contribution >= 0.6 is 34.8 Å². The lowest BCUT2D eigenvalue weighted by Gasteiger charge is -2.29. The van der Waals surface area contributed by atoms with Gasteiger partial charge in [0, 0.05) is 40.9 Å². The Kier molecular flexibility index (Phi) is 8.13. The van der Waals surface area contributed by atoms with Crippen molar-refractivity contribution in [1.82, 2.24) is 0 Å². The van der Waals surface area contributed by atoms with E-state index in [1.807, 2.05) is 30.3 Å². The average Bonchev–Trinajstić information content (AvgIpc) is 2.83. The number of ether oxygens (including phenoxy) is 2. The number of nitrogens with one attached hydrogen (secondary N) is 1. The number of piperidine rings is 1. The predicted octanol–water partition coefficient (Wildman–Crippen LogP) is 7.84. The quantitative estimate of drug-likeness (QED) is 0.338. The molecule has 1 N–H and O–H groups in total. The number of halogens is 3. The molecule has 0 saturated carbocycles. The molecule has 0 bridgehead atoms. The van der Waals surface area contributed by atoms with Crippen LogP contribution in [0, 0.1) is 0 Å². The fourth-order valence-electron chi connectivity index (χ4n) is 3.97. The molecule has 0 radical (unpaired) electrons. The van der Waals surface area contributed by atoms with Crippen molar-refractivity contribution in [2.45, 2.75) is 32.4 Å². The van der Waals surface area contributed by atoms with E-state index < -0.39 is 0 Å². The number of hydrogen-bond acceptors (Lipinski definition) is 4. The van der Waals surface area contributed by atoms with Crippen LogP contribution in [0.1, 0.15) is 30.4 Å². The van der Waals surface area contributed by atoms with Gasteiger partial charge in [0.05, 0.1) is 17.8 Å². The standard InChI is InChI=1S/C26H27Cl3N2O2/c1-32-26-14-18(8-11-25(26)33-17-20-21(27)6-5-7-22(20)28)16-30-19-9-10-24(23(29)15-19)31-12-3-2-4-13-31/h5-11,14-15,30H,2-4,12-13,16-17H2,1H3. The van der Waals surface area contributed by atoms with Gasteiger partial charge in [-0.3, -0.25) is 0 Å². The summed E-state index contributed by atoms with van der Waals surface area (Å²) in [6.45, 7) is 3.04. The van der Waals surface area contributed by atoms with Gasteiger partial charge in [-0.05, 0) is 67.3 Å². The van der Waals surface area contributed by atoms with E-state index in [1.165, 1.54) is 19.3 Å². The zero-order valence-corrected chi connectivity index (χ0v) is 20.8. The van der Waals surface area contributed by atoms with Crippen molar-refractivity contribution in [3.63, 3.8) is 0 Å². The van der Waals surface area contributed by atoms with E-state index in [1.54, 1.807) is 19.2 Å². The molecule has 1 saturated heterocycles. The van der Waals surface area contributed by atoms with Gasteiger partial charge in [-0.1, -0.05) is 46.9 Å². The highest BCUT2D eigenvalue weighted by Crippen LogP contribution is 2.33. The van der Waals surface area contributed by atoms with Crippen molar-refractivity contribution < 1.29 is 9.47 Å². The summed E-state index contributed by atoms with van der Waals surface area (Å²) in [5.74, 6) is 1.28. The maximum absolute atomic E-state index is 6.58. The first-order valence-electron chi connectivity index (χ1n) is 11.1. The van der Waals surface area contributed by atoms with Gasteiger partial charge < -0.3 is 19.7 Å². The topological polar surface area (TPSA) is 33.7 Å². The lowest BCUT2D eigenvalue weighted by Crippen LogP contribution is -2.29. The molecule has 1 aliphatic heterocycles. The number of nitrogens with zero attached hydrogens (tertiary/aromatic N) is 1. The number of methoxy groups -OCH3 is 1. The molecule has 7 heteroatoms. The highest BCUT2D eigenvalue weighted by Gasteiger charge is 2.14. The van der Waals surface area contributed by atoms with Crippen molar-refractivity contribution in [2.75, 3.05) is 30.4 Å². The largest absolute Gasteiger partial charge is 0.493 e. The van der Waals surface area contributed by atoms with Gasteiger partial charge in [0.15, 0.2) is 11.5 Å². The van der Waals surface area contributed by atoms with E-state index in [-0.39, 0.29) is 6.61 Å². The summed E-state index contributed by atoms with van der Waals surface area (Å²) >= 11 is 19.1. The summed E-state index contributed by atoms with van der Waals surface area (Å²) in [5.41, 5.74) is 3.90. The van der Waals surface area contributed by atoms with Crippen LogP contribution < -0.4 is 19.7 Å². The van der Waals surface area contributed by atoms with Crippen molar-refractivity contribution in [1.29, 1.82) is 0 Å². The predicted molar refractivity (Wildman–Crippen MR) is 139 cm³/mol. The lowest BCUT2D eigenvalue weighted by atomic mass is 10.1. The minimum absolute atomic E-state index is 0.258. The van der Waals surface area contributed by atoms with Crippen LogP contribution in [-0.4, -0.2) is 20.2 Å². The first-order chi connectivity index (χ1) is 16.0. The van der Waals surface area contributed by atoms with Crippen LogP contribution in [0.15, 0.2) is 54.6 Å². The van der Waals surface area contributed by atoms with E-state index in [9.17, 15) is 0 Å². The van der Waals surface area contributed by atoms with Gasteiger partial charge in [-0.25, -0.2) is 0 Å². The molecule has 1 aliphatic rings. The molecule has 1 heterocycles. The minimum Gasteiger partial charge on any atom is -0.493 e. The summed E-state index contributed by atoms with van der Waals surface area (Å²) < 4.78 is 11.5. The Labute approximate surface area is 210 Å². The number of benzene rings is 3. The smallest absolute Gasteiger partial charge is 0.161 e. The summed E-state index contributed by atoms with van der Waals surface area (Å²) in [7, 11) is 1.63. The van der Waals surface area contributed by atoms with Gasteiger partial charge in [0.25, 0.3) is 0 Å². The van der Waals surface area contributed by atoms with Gasteiger partial charge in [-0.2, -0.15) is 0 Å². The Morgan fingerprint density at radius 3 is 2.30 bits per heavy atom. The summed E-state index contributed by atoms with van der Waals surface area (Å²) in [6, 6.07) is 17.4. The molecular formula is C26H27Cl3N2O2. The first kappa shape index (κ1) is 23.9. The maximum Gasteiger partial charge on any atom is 0.161 e. The molecule has 4 rings (SSSR count). The van der Waals surface area contributed by atoms with Crippen LogP contribution in [0.4, 0.5) is 11.4 Å². The van der Waals surface area contributed by atoms with Crippen LogP contribution in [0.25, 0.3) is 0 Å². The molecule has 0 aromatic heterocycles. The molecule has 0 spiro atoms. The van der Waals surface area contributed by atoms with Crippen molar-refractivity contribution in [3.05, 3.63) is 80.8 Å². The molecule has 1 fully saturated rings. The molecule has 0 aliphatic carbocycles. The summed E-state index contributed by atoms with van der Waals surface area (Å²) in [6.07, 6.45) is 3.75. The zero-order chi connectivity index (χ0) is 23.2. The monoisotopic (exact) mass is 504 g/mol. The van der Waals surface area contributed by atoms with Crippen molar-refractivity contribution in [3.8, 4) is 11.5 Å². The van der Waals surface area contributed by atoms with E-state index >= 15 is 0 Å². The van der Waals surface area contributed by atoms with E-state index in [2.05, 4.69) is 22.3 Å². The highest BCUT2D eigenvalue weighted by molar-refractivity contribution is 6.36. The number of hydrogen-bond donors (Lipinski definition) is 1. The second kappa shape index (κ2) is 11.2. The zero-order valence-electron chi connectivity index (χ0n) is 18.5. The average molecular weight is 506 g/mol. The van der Waals surface area contributed by atoms with E-state index in [4.69, 9.17) is 44.3 Å². The Morgan fingerprint density at radius 2 is 1.61 bits per heavy atom. The third-order valence-corrected chi connectivity index (χ3v) is 6.81. The molecule has 4 nitrogen and oxygen atoms in total.